The molecule has 0 spiro atoms. The molecule has 1 N–H and O–H groups in total. The number of thiophene rings is 1. The maximum atomic E-state index is 13.2. The topological polar surface area (TPSA) is 72.0 Å². The molecule has 0 unspecified atom stereocenters. The number of sulfone groups is 1. The lowest BCUT2D eigenvalue weighted by Gasteiger charge is -2.14. The Morgan fingerprint density at radius 1 is 1.15 bits per heavy atom. The van der Waals surface area contributed by atoms with Crippen LogP contribution in [0.15, 0.2) is 52.9 Å². The van der Waals surface area contributed by atoms with Crippen LogP contribution in [0.25, 0.3) is 11.3 Å². The zero-order chi connectivity index (χ0) is 19.7. The second-order valence-electron chi connectivity index (χ2n) is 5.68. The van der Waals surface area contributed by atoms with Crippen molar-refractivity contribution in [2.75, 3.05) is 11.6 Å². The van der Waals surface area contributed by atoms with Crippen molar-refractivity contribution in [2.45, 2.75) is 17.6 Å². The van der Waals surface area contributed by atoms with E-state index in [1.165, 1.54) is 35.6 Å². The predicted molar refractivity (Wildman–Crippen MR) is 97.2 cm³/mol. The summed E-state index contributed by atoms with van der Waals surface area (Å²) in [5.41, 5.74) is -0.435. The first-order chi connectivity index (χ1) is 12.6. The molecule has 0 atom stereocenters. The van der Waals surface area contributed by atoms with Gasteiger partial charge in [0.05, 0.1) is 23.3 Å². The molecule has 0 aliphatic heterocycles. The minimum absolute atomic E-state index is 0.113. The molecule has 3 rings (SSSR count). The van der Waals surface area contributed by atoms with Crippen LogP contribution in [-0.2, 0) is 22.6 Å². The summed E-state index contributed by atoms with van der Waals surface area (Å²) in [7, 11) is -3.37. The number of anilines is 1. The molecule has 0 saturated carbocycles. The van der Waals surface area contributed by atoms with E-state index in [9.17, 15) is 21.6 Å². The highest BCUT2D eigenvalue weighted by Gasteiger charge is 2.36. The van der Waals surface area contributed by atoms with Gasteiger partial charge in [0, 0.05) is 16.7 Å². The van der Waals surface area contributed by atoms with E-state index >= 15 is 0 Å². The van der Waals surface area contributed by atoms with Crippen LogP contribution in [0.4, 0.5) is 19.0 Å². The number of alkyl halides is 3. The molecule has 0 aliphatic carbocycles. The van der Waals surface area contributed by atoms with Gasteiger partial charge in [0.15, 0.2) is 21.3 Å². The summed E-state index contributed by atoms with van der Waals surface area (Å²) in [4.78, 5) is 8.56. The average molecular weight is 413 g/mol. The van der Waals surface area contributed by atoms with Crippen LogP contribution in [0, 0.1) is 0 Å². The van der Waals surface area contributed by atoms with E-state index in [2.05, 4.69) is 15.3 Å². The molecule has 0 aliphatic rings. The summed E-state index contributed by atoms with van der Waals surface area (Å²) < 4.78 is 62.7. The molecule has 0 amide bonds. The summed E-state index contributed by atoms with van der Waals surface area (Å²) in [5.74, 6) is -0.374. The molecule has 10 heteroatoms. The van der Waals surface area contributed by atoms with E-state index in [1.807, 2.05) is 5.38 Å². The molecule has 2 heterocycles. The summed E-state index contributed by atoms with van der Waals surface area (Å²) in [5, 5.41) is 4.52. The normalized spacial score (nSPS) is 12.1. The molecule has 3 aromatic rings. The molecule has 0 bridgehead atoms. The van der Waals surface area contributed by atoms with E-state index in [-0.39, 0.29) is 23.0 Å². The quantitative estimate of drug-likeness (QED) is 0.677. The van der Waals surface area contributed by atoms with Crippen LogP contribution in [0.5, 0.6) is 0 Å². The fourth-order valence-electron chi connectivity index (χ4n) is 2.32. The fourth-order valence-corrected chi connectivity index (χ4v) is 3.59. The SMILES string of the molecule is CS(=O)(=O)c1ccc(-c2cnc(C(F)(F)F)c(NCc3cccs3)n2)cc1. The second kappa shape index (κ2) is 7.28. The highest BCUT2D eigenvalue weighted by molar-refractivity contribution is 7.90. The Balaban J connectivity index is 1.95. The summed E-state index contributed by atoms with van der Waals surface area (Å²) in [6.07, 6.45) is -2.55. The third-order valence-corrected chi connectivity index (χ3v) is 5.63. The van der Waals surface area contributed by atoms with Gasteiger partial charge in [0.1, 0.15) is 0 Å². The van der Waals surface area contributed by atoms with E-state index < -0.39 is 21.7 Å². The van der Waals surface area contributed by atoms with Gasteiger partial charge in [-0.15, -0.1) is 11.3 Å². The number of rotatable bonds is 5. The number of aromatic nitrogens is 2. The summed E-state index contributed by atoms with van der Waals surface area (Å²) in [6.45, 7) is 0.186. The number of nitrogens with zero attached hydrogens (tertiary/aromatic N) is 2. The third kappa shape index (κ3) is 4.64. The van der Waals surface area contributed by atoms with Crippen LogP contribution in [-0.4, -0.2) is 24.6 Å². The third-order valence-electron chi connectivity index (χ3n) is 3.63. The molecular weight excluding hydrogens is 399 g/mol. The second-order valence-corrected chi connectivity index (χ2v) is 8.73. The number of nitrogens with one attached hydrogen (secondary N) is 1. The van der Waals surface area contributed by atoms with Crippen molar-refractivity contribution >= 4 is 27.0 Å². The molecule has 0 fully saturated rings. The molecular formula is C17H14F3N3O2S2. The molecule has 1 aromatic carbocycles. The van der Waals surface area contributed by atoms with Crippen LogP contribution in [0.3, 0.4) is 0 Å². The highest BCUT2D eigenvalue weighted by Crippen LogP contribution is 2.33. The molecule has 2 aromatic heterocycles. The Morgan fingerprint density at radius 2 is 1.85 bits per heavy atom. The number of halogens is 3. The highest BCUT2D eigenvalue weighted by atomic mass is 32.2. The lowest BCUT2D eigenvalue weighted by atomic mass is 10.1. The van der Waals surface area contributed by atoms with Crippen molar-refractivity contribution < 1.29 is 21.6 Å². The van der Waals surface area contributed by atoms with Gasteiger partial charge in [-0.2, -0.15) is 13.2 Å². The van der Waals surface area contributed by atoms with E-state index in [0.29, 0.717) is 5.56 Å². The van der Waals surface area contributed by atoms with Crippen molar-refractivity contribution in [1.29, 1.82) is 0 Å². The molecule has 5 nitrogen and oxygen atoms in total. The van der Waals surface area contributed by atoms with Gasteiger partial charge >= 0.3 is 6.18 Å². The van der Waals surface area contributed by atoms with Crippen molar-refractivity contribution in [2.24, 2.45) is 0 Å². The van der Waals surface area contributed by atoms with Crippen molar-refractivity contribution in [3.05, 3.63) is 58.5 Å². The summed E-state index contributed by atoms with van der Waals surface area (Å²) >= 11 is 1.41. The van der Waals surface area contributed by atoms with Crippen LogP contribution >= 0.6 is 11.3 Å². The zero-order valence-electron chi connectivity index (χ0n) is 14.0. The lowest BCUT2D eigenvalue weighted by molar-refractivity contribution is -0.140. The smallest absolute Gasteiger partial charge is 0.363 e. The lowest BCUT2D eigenvalue weighted by Crippen LogP contribution is -2.15. The van der Waals surface area contributed by atoms with Gasteiger partial charge in [0.25, 0.3) is 0 Å². The Hall–Kier alpha value is -2.46. The molecule has 27 heavy (non-hydrogen) atoms. The predicted octanol–water partition coefficient (Wildman–Crippen LogP) is 4.24. The first-order valence-corrected chi connectivity index (χ1v) is 10.4. The van der Waals surface area contributed by atoms with Crippen molar-refractivity contribution in [3.8, 4) is 11.3 Å². The Kier molecular flexibility index (Phi) is 5.20. The zero-order valence-corrected chi connectivity index (χ0v) is 15.6. The maximum Gasteiger partial charge on any atom is 0.437 e. The minimum Gasteiger partial charge on any atom is -0.363 e. The van der Waals surface area contributed by atoms with Gasteiger partial charge in [-0.05, 0) is 23.6 Å². The van der Waals surface area contributed by atoms with E-state index in [4.69, 9.17) is 0 Å². The minimum atomic E-state index is -4.65. The van der Waals surface area contributed by atoms with Gasteiger partial charge < -0.3 is 5.32 Å². The van der Waals surface area contributed by atoms with E-state index in [1.54, 1.807) is 12.1 Å². The van der Waals surface area contributed by atoms with Gasteiger partial charge in [-0.25, -0.2) is 18.4 Å². The Bertz CT molecular complexity index is 1030. The number of benzene rings is 1. The average Bonchev–Trinajstić information content (AvgIpc) is 3.12. The van der Waals surface area contributed by atoms with Crippen molar-refractivity contribution in [3.63, 3.8) is 0 Å². The largest absolute Gasteiger partial charge is 0.437 e. The maximum absolute atomic E-state index is 13.2. The molecule has 142 valence electrons. The van der Waals surface area contributed by atoms with Crippen LogP contribution in [0.2, 0.25) is 0 Å². The van der Waals surface area contributed by atoms with E-state index in [0.717, 1.165) is 17.3 Å². The Morgan fingerprint density at radius 3 is 2.41 bits per heavy atom. The molecule has 0 saturated heterocycles. The first kappa shape index (κ1) is 19.3. The van der Waals surface area contributed by atoms with Gasteiger partial charge in [-0.3, -0.25) is 0 Å². The number of hydrogen-bond acceptors (Lipinski definition) is 6. The molecule has 0 radical (unpaired) electrons. The number of hydrogen-bond donors (Lipinski definition) is 1. The van der Waals surface area contributed by atoms with Gasteiger partial charge in [-0.1, -0.05) is 18.2 Å². The van der Waals surface area contributed by atoms with Crippen LogP contribution in [0.1, 0.15) is 10.6 Å². The monoisotopic (exact) mass is 413 g/mol. The van der Waals surface area contributed by atoms with Crippen molar-refractivity contribution in [1.82, 2.24) is 9.97 Å². The summed E-state index contributed by atoms with van der Waals surface area (Å²) in [6, 6.07) is 9.32. The fraction of sp³-hybridized carbons (Fsp3) is 0.176. The standard InChI is InChI=1S/C17H14F3N3O2S2/c1-27(24,25)13-6-4-11(5-7-13)14-10-21-15(17(18,19)20)16(23-14)22-9-12-3-2-8-26-12/h2-8,10H,9H2,1H3,(H,22,23). The first-order valence-electron chi connectivity index (χ1n) is 7.65. The van der Waals surface area contributed by atoms with Gasteiger partial charge in [0.2, 0.25) is 0 Å². The van der Waals surface area contributed by atoms with Crippen LogP contribution < -0.4 is 5.32 Å². The Labute approximate surface area is 157 Å².